The van der Waals surface area contributed by atoms with E-state index in [0.29, 0.717) is 19.1 Å². The van der Waals surface area contributed by atoms with Gasteiger partial charge in [0.1, 0.15) is 0 Å². The number of nitrogens with one attached hydrogen (secondary N) is 2. The van der Waals surface area contributed by atoms with Gasteiger partial charge in [-0.2, -0.15) is 5.10 Å². The molecular weight excluding hydrogens is 326 g/mol. The number of ether oxygens (including phenoxy) is 1. The Morgan fingerprint density at radius 3 is 2.69 bits per heavy atom. The van der Waals surface area contributed by atoms with Gasteiger partial charge in [0.15, 0.2) is 5.96 Å². The highest BCUT2D eigenvalue weighted by atomic mass is 16.5. The fourth-order valence-corrected chi connectivity index (χ4v) is 2.50. The quantitative estimate of drug-likeness (QED) is 0.390. The van der Waals surface area contributed by atoms with Crippen LogP contribution in [-0.4, -0.2) is 42.0 Å². The highest BCUT2D eigenvalue weighted by molar-refractivity contribution is 5.79. The molecule has 0 atom stereocenters. The second-order valence-corrected chi connectivity index (χ2v) is 6.56. The summed E-state index contributed by atoms with van der Waals surface area (Å²) in [5.41, 5.74) is 2.44. The first-order valence-electron chi connectivity index (χ1n) is 9.33. The smallest absolute Gasteiger partial charge is 0.191 e. The third kappa shape index (κ3) is 7.27. The minimum Gasteiger partial charge on any atom is -0.379 e. The van der Waals surface area contributed by atoms with Crippen LogP contribution in [0.2, 0.25) is 0 Å². The topological polar surface area (TPSA) is 63.5 Å². The summed E-state index contributed by atoms with van der Waals surface area (Å²) in [4.78, 5) is 4.72. The summed E-state index contributed by atoms with van der Waals surface area (Å²) in [6.45, 7) is 10.8. The molecule has 2 N–H and O–H groups in total. The molecule has 26 heavy (non-hydrogen) atoms. The van der Waals surface area contributed by atoms with E-state index in [9.17, 15) is 0 Å². The van der Waals surface area contributed by atoms with Crippen LogP contribution in [0.25, 0.3) is 0 Å². The molecule has 0 saturated heterocycles. The molecule has 6 nitrogen and oxygen atoms in total. The maximum atomic E-state index is 5.61. The van der Waals surface area contributed by atoms with Crippen molar-refractivity contribution in [3.63, 3.8) is 0 Å². The van der Waals surface area contributed by atoms with Gasteiger partial charge in [-0.1, -0.05) is 38.1 Å². The van der Waals surface area contributed by atoms with E-state index >= 15 is 0 Å². The van der Waals surface area contributed by atoms with Crippen molar-refractivity contribution in [2.45, 2.75) is 33.9 Å². The summed E-state index contributed by atoms with van der Waals surface area (Å²) in [7, 11) is 0. The van der Waals surface area contributed by atoms with Crippen molar-refractivity contribution in [2.75, 3.05) is 26.3 Å². The van der Waals surface area contributed by atoms with Gasteiger partial charge in [-0.15, -0.1) is 0 Å². The van der Waals surface area contributed by atoms with Crippen molar-refractivity contribution in [1.82, 2.24) is 20.4 Å². The number of rotatable bonds is 10. The van der Waals surface area contributed by atoms with Gasteiger partial charge in [-0.25, -0.2) is 4.99 Å². The Morgan fingerprint density at radius 2 is 2.00 bits per heavy atom. The number of hydrogen-bond donors (Lipinski definition) is 2. The fraction of sp³-hybridized carbons (Fsp3) is 0.500. The number of aliphatic imine (C=N–C) groups is 1. The lowest BCUT2D eigenvalue weighted by Crippen LogP contribution is -2.39. The second-order valence-electron chi connectivity index (χ2n) is 6.56. The molecule has 1 aromatic heterocycles. The maximum absolute atomic E-state index is 5.61. The van der Waals surface area contributed by atoms with Crippen LogP contribution in [-0.2, 0) is 17.8 Å². The van der Waals surface area contributed by atoms with Gasteiger partial charge in [-0.3, -0.25) is 4.68 Å². The number of hydrogen-bond acceptors (Lipinski definition) is 3. The van der Waals surface area contributed by atoms with E-state index in [1.165, 1.54) is 11.1 Å². The molecule has 0 spiro atoms. The van der Waals surface area contributed by atoms with Crippen LogP contribution in [0.1, 0.15) is 31.9 Å². The highest BCUT2D eigenvalue weighted by Crippen LogP contribution is 2.11. The standard InChI is InChI=1S/C20H31N5O/c1-4-21-20(22-11-13-26-16-17(2)3)23-14-18-8-5-6-9-19(18)15-25-12-7-10-24-25/h5-10,12,17H,4,11,13-16H2,1-3H3,(H2,21,22,23). The molecule has 0 fully saturated rings. The summed E-state index contributed by atoms with van der Waals surface area (Å²) in [5.74, 6) is 1.37. The zero-order chi connectivity index (χ0) is 18.6. The first-order valence-corrected chi connectivity index (χ1v) is 9.33. The van der Waals surface area contributed by atoms with Gasteiger partial charge in [-0.05, 0) is 30.0 Å². The molecule has 0 unspecified atom stereocenters. The Labute approximate surface area is 156 Å². The molecule has 0 aliphatic rings. The zero-order valence-electron chi connectivity index (χ0n) is 16.1. The summed E-state index contributed by atoms with van der Waals surface area (Å²) in [5, 5.41) is 10.9. The molecule has 0 aliphatic heterocycles. The SMILES string of the molecule is CCNC(=NCc1ccccc1Cn1cccn1)NCCOCC(C)C. The largest absolute Gasteiger partial charge is 0.379 e. The molecule has 2 aromatic rings. The molecular formula is C20H31N5O. The lowest BCUT2D eigenvalue weighted by Gasteiger charge is -2.13. The molecule has 6 heteroatoms. The first-order chi connectivity index (χ1) is 12.7. The van der Waals surface area contributed by atoms with Gasteiger partial charge in [0, 0.05) is 32.1 Å². The minimum atomic E-state index is 0.559. The van der Waals surface area contributed by atoms with Crippen molar-refractivity contribution in [3.8, 4) is 0 Å². The van der Waals surface area contributed by atoms with Crippen LogP contribution in [0, 0.1) is 5.92 Å². The van der Waals surface area contributed by atoms with Crippen molar-refractivity contribution in [1.29, 1.82) is 0 Å². The molecule has 0 amide bonds. The van der Waals surface area contributed by atoms with E-state index in [1.54, 1.807) is 6.20 Å². The van der Waals surface area contributed by atoms with E-state index < -0.39 is 0 Å². The van der Waals surface area contributed by atoms with Crippen LogP contribution in [0.5, 0.6) is 0 Å². The average Bonchev–Trinajstić information content (AvgIpc) is 3.13. The Hall–Kier alpha value is -2.34. The Morgan fingerprint density at radius 1 is 1.19 bits per heavy atom. The summed E-state index contributed by atoms with van der Waals surface area (Å²) in [6.07, 6.45) is 3.78. The molecule has 0 aliphatic carbocycles. The van der Waals surface area contributed by atoms with E-state index in [1.807, 2.05) is 16.9 Å². The van der Waals surface area contributed by atoms with Crippen molar-refractivity contribution in [2.24, 2.45) is 10.9 Å². The minimum absolute atomic E-state index is 0.559. The lowest BCUT2D eigenvalue weighted by molar-refractivity contribution is 0.114. The van der Waals surface area contributed by atoms with Crippen molar-refractivity contribution < 1.29 is 4.74 Å². The number of nitrogens with zero attached hydrogens (tertiary/aromatic N) is 3. The first kappa shape index (κ1) is 20.0. The Balaban J connectivity index is 1.91. The third-order valence-corrected chi connectivity index (χ3v) is 3.75. The van der Waals surface area contributed by atoms with Crippen LogP contribution in [0.3, 0.4) is 0 Å². The Kier molecular flexibility index (Phi) is 8.69. The van der Waals surface area contributed by atoms with Gasteiger partial charge in [0.05, 0.1) is 19.7 Å². The number of aromatic nitrogens is 2. The zero-order valence-corrected chi connectivity index (χ0v) is 16.1. The maximum Gasteiger partial charge on any atom is 0.191 e. The third-order valence-electron chi connectivity index (χ3n) is 3.75. The summed E-state index contributed by atoms with van der Waals surface area (Å²) in [6, 6.07) is 10.3. The van der Waals surface area contributed by atoms with Crippen LogP contribution < -0.4 is 10.6 Å². The number of guanidine groups is 1. The van der Waals surface area contributed by atoms with Gasteiger partial charge < -0.3 is 15.4 Å². The van der Waals surface area contributed by atoms with E-state index in [-0.39, 0.29) is 0 Å². The number of benzene rings is 1. The summed E-state index contributed by atoms with van der Waals surface area (Å²) >= 11 is 0. The van der Waals surface area contributed by atoms with Crippen LogP contribution >= 0.6 is 0 Å². The van der Waals surface area contributed by atoms with Crippen LogP contribution in [0.15, 0.2) is 47.7 Å². The average molecular weight is 358 g/mol. The van der Waals surface area contributed by atoms with E-state index in [4.69, 9.17) is 9.73 Å². The van der Waals surface area contributed by atoms with Gasteiger partial charge in [0.25, 0.3) is 0 Å². The molecule has 0 radical (unpaired) electrons. The molecule has 1 aromatic carbocycles. The highest BCUT2D eigenvalue weighted by Gasteiger charge is 2.04. The lowest BCUT2D eigenvalue weighted by atomic mass is 10.1. The van der Waals surface area contributed by atoms with Crippen molar-refractivity contribution in [3.05, 3.63) is 53.9 Å². The molecule has 1 heterocycles. The predicted molar refractivity (Wildman–Crippen MR) is 106 cm³/mol. The molecule has 0 bridgehead atoms. The normalized spacial score (nSPS) is 11.8. The predicted octanol–water partition coefficient (Wildman–Crippen LogP) is 2.66. The van der Waals surface area contributed by atoms with Gasteiger partial charge >= 0.3 is 0 Å². The summed E-state index contributed by atoms with van der Waals surface area (Å²) < 4.78 is 7.54. The second kappa shape index (κ2) is 11.3. The monoisotopic (exact) mass is 357 g/mol. The fourth-order valence-electron chi connectivity index (χ4n) is 2.50. The van der Waals surface area contributed by atoms with E-state index in [2.05, 4.69) is 60.8 Å². The Bertz CT molecular complexity index is 652. The molecule has 2 rings (SSSR count). The van der Waals surface area contributed by atoms with Crippen molar-refractivity contribution >= 4 is 5.96 Å². The molecule has 0 saturated carbocycles. The van der Waals surface area contributed by atoms with Crippen LogP contribution in [0.4, 0.5) is 0 Å². The van der Waals surface area contributed by atoms with Gasteiger partial charge in [0.2, 0.25) is 0 Å². The molecule has 142 valence electrons. The van der Waals surface area contributed by atoms with E-state index in [0.717, 1.165) is 32.2 Å².